The van der Waals surface area contributed by atoms with Gasteiger partial charge in [0.05, 0.1) is 5.56 Å². The largest absolute Gasteiger partial charge is 0.288 e. The average molecular weight is 269 g/mol. The van der Waals surface area contributed by atoms with Crippen LogP contribution < -0.4 is 0 Å². The molecule has 2 aromatic rings. The molecule has 0 atom stereocenters. The molecular weight excluding hydrogens is 262 g/mol. The molecule has 86 valence electrons. The molecule has 0 saturated heterocycles. The lowest BCUT2D eigenvalue weighted by molar-refractivity contribution is 0.103. The van der Waals surface area contributed by atoms with Crippen molar-refractivity contribution in [1.29, 1.82) is 0 Å². The fourth-order valence-electron chi connectivity index (χ4n) is 1.43. The summed E-state index contributed by atoms with van der Waals surface area (Å²) in [5.74, 6) is -1.00. The predicted octanol–water partition coefficient (Wildman–Crippen LogP) is 4.36. The van der Waals surface area contributed by atoms with E-state index in [2.05, 4.69) is 0 Å². The first kappa shape index (κ1) is 12.1. The number of carbonyl (C=O) groups excluding carboxylic acids is 1. The minimum absolute atomic E-state index is 0.0418. The van der Waals surface area contributed by atoms with Crippen LogP contribution >= 0.6 is 23.2 Å². The van der Waals surface area contributed by atoms with E-state index < -0.39 is 11.6 Å². The second-order valence-electron chi connectivity index (χ2n) is 3.46. The third-order valence-electron chi connectivity index (χ3n) is 2.28. The predicted molar refractivity (Wildman–Crippen MR) is 66.3 cm³/mol. The highest BCUT2D eigenvalue weighted by Gasteiger charge is 2.14. The summed E-state index contributed by atoms with van der Waals surface area (Å²) < 4.78 is 13.5. The topological polar surface area (TPSA) is 17.1 Å². The molecule has 0 unspecified atom stereocenters. The van der Waals surface area contributed by atoms with Crippen LogP contribution in [-0.4, -0.2) is 5.78 Å². The van der Waals surface area contributed by atoms with Crippen LogP contribution in [0.3, 0.4) is 0 Å². The van der Waals surface area contributed by atoms with Gasteiger partial charge in [0, 0.05) is 15.6 Å². The Morgan fingerprint density at radius 1 is 0.941 bits per heavy atom. The Labute approximate surface area is 108 Å². The third kappa shape index (κ3) is 2.65. The molecule has 2 rings (SSSR count). The van der Waals surface area contributed by atoms with Crippen LogP contribution in [0.4, 0.5) is 4.39 Å². The Morgan fingerprint density at radius 3 is 2.18 bits per heavy atom. The first-order chi connectivity index (χ1) is 8.08. The highest BCUT2D eigenvalue weighted by molar-refractivity contribution is 6.31. The molecule has 0 fully saturated rings. The highest BCUT2D eigenvalue weighted by Crippen LogP contribution is 2.19. The van der Waals surface area contributed by atoms with Gasteiger partial charge in [0.2, 0.25) is 0 Å². The van der Waals surface area contributed by atoms with Crippen LogP contribution in [0.5, 0.6) is 0 Å². The zero-order valence-corrected chi connectivity index (χ0v) is 10.1. The van der Waals surface area contributed by atoms with Crippen molar-refractivity contribution in [2.24, 2.45) is 0 Å². The van der Waals surface area contributed by atoms with Gasteiger partial charge in [-0.2, -0.15) is 0 Å². The zero-order chi connectivity index (χ0) is 12.4. The summed E-state index contributed by atoms with van der Waals surface area (Å²) in [4.78, 5) is 12.0. The normalized spacial score (nSPS) is 10.3. The van der Waals surface area contributed by atoms with Crippen molar-refractivity contribution in [3.05, 3.63) is 69.5 Å². The molecule has 0 aliphatic carbocycles. The summed E-state index contributed by atoms with van der Waals surface area (Å²) >= 11 is 11.4. The second kappa shape index (κ2) is 4.86. The van der Waals surface area contributed by atoms with Crippen molar-refractivity contribution >= 4 is 29.0 Å². The first-order valence-electron chi connectivity index (χ1n) is 4.83. The van der Waals surface area contributed by atoms with E-state index >= 15 is 0 Å². The summed E-state index contributed by atoms with van der Waals surface area (Å²) in [7, 11) is 0. The monoisotopic (exact) mass is 268 g/mol. The quantitative estimate of drug-likeness (QED) is 0.740. The Kier molecular flexibility index (Phi) is 3.46. The fraction of sp³-hybridized carbons (Fsp3) is 0. The molecular formula is C13H7Cl2FO. The number of halogens is 3. The van der Waals surface area contributed by atoms with Crippen LogP contribution in [0.15, 0.2) is 42.5 Å². The van der Waals surface area contributed by atoms with Gasteiger partial charge in [0.1, 0.15) is 5.82 Å². The smallest absolute Gasteiger partial charge is 0.196 e. The van der Waals surface area contributed by atoms with Crippen molar-refractivity contribution in [1.82, 2.24) is 0 Å². The summed E-state index contributed by atoms with van der Waals surface area (Å²) in [6.07, 6.45) is 0. The van der Waals surface area contributed by atoms with Gasteiger partial charge in [-0.05, 0) is 42.5 Å². The van der Waals surface area contributed by atoms with Crippen molar-refractivity contribution in [2.75, 3.05) is 0 Å². The number of carbonyl (C=O) groups is 1. The summed E-state index contributed by atoms with van der Waals surface area (Å²) in [5.41, 5.74) is 0.329. The first-order valence-corrected chi connectivity index (χ1v) is 5.59. The summed E-state index contributed by atoms with van der Waals surface area (Å²) in [6, 6.07) is 10.1. The lowest BCUT2D eigenvalue weighted by atomic mass is 10.0. The van der Waals surface area contributed by atoms with Crippen LogP contribution in [0.1, 0.15) is 15.9 Å². The van der Waals surface area contributed by atoms with Crippen molar-refractivity contribution in [2.45, 2.75) is 0 Å². The van der Waals surface area contributed by atoms with Crippen LogP contribution in [0, 0.1) is 5.82 Å². The molecule has 0 saturated carbocycles. The molecule has 0 bridgehead atoms. The van der Waals surface area contributed by atoms with Gasteiger partial charge in [-0.25, -0.2) is 4.39 Å². The Balaban J connectivity index is 2.43. The maximum atomic E-state index is 13.5. The van der Waals surface area contributed by atoms with Gasteiger partial charge < -0.3 is 0 Å². The second-order valence-corrected chi connectivity index (χ2v) is 4.33. The van der Waals surface area contributed by atoms with E-state index in [9.17, 15) is 9.18 Å². The van der Waals surface area contributed by atoms with Gasteiger partial charge in [-0.3, -0.25) is 4.79 Å². The molecule has 0 amide bonds. The minimum atomic E-state index is -0.589. The van der Waals surface area contributed by atoms with Crippen LogP contribution in [-0.2, 0) is 0 Å². The van der Waals surface area contributed by atoms with Crippen molar-refractivity contribution < 1.29 is 9.18 Å². The Hall–Kier alpha value is -1.38. The van der Waals surface area contributed by atoms with E-state index in [0.29, 0.717) is 15.6 Å². The SMILES string of the molecule is O=C(c1ccc(Cl)cc1)c1cc(Cl)ccc1F. The molecule has 0 aliphatic rings. The molecule has 17 heavy (non-hydrogen) atoms. The van der Waals surface area contributed by atoms with Crippen LogP contribution in [0.2, 0.25) is 10.0 Å². The molecule has 2 aromatic carbocycles. The molecule has 1 nitrogen and oxygen atoms in total. The zero-order valence-electron chi connectivity index (χ0n) is 8.58. The van der Waals surface area contributed by atoms with E-state index in [0.717, 1.165) is 0 Å². The number of ketones is 1. The molecule has 0 aromatic heterocycles. The van der Waals surface area contributed by atoms with Gasteiger partial charge >= 0.3 is 0 Å². The number of hydrogen-bond donors (Lipinski definition) is 0. The Morgan fingerprint density at radius 2 is 1.53 bits per heavy atom. The summed E-state index contributed by atoms with van der Waals surface area (Å²) in [5, 5.41) is 0.844. The minimum Gasteiger partial charge on any atom is -0.288 e. The van der Waals surface area contributed by atoms with E-state index in [-0.39, 0.29) is 5.56 Å². The van der Waals surface area contributed by atoms with Gasteiger partial charge in [0.25, 0.3) is 0 Å². The molecule has 0 heterocycles. The molecule has 0 spiro atoms. The van der Waals surface area contributed by atoms with E-state index in [1.807, 2.05) is 0 Å². The van der Waals surface area contributed by atoms with Crippen LogP contribution in [0.25, 0.3) is 0 Å². The fourth-order valence-corrected chi connectivity index (χ4v) is 1.73. The molecule has 0 aliphatic heterocycles. The highest BCUT2D eigenvalue weighted by atomic mass is 35.5. The average Bonchev–Trinajstić information content (AvgIpc) is 2.32. The van der Waals surface area contributed by atoms with Gasteiger partial charge in [0.15, 0.2) is 5.78 Å². The van der Waals surface area contributed by atoms with E-state index in [1.54, 1.807) is 24.3 Å². The summed E-state index contributed by atoms with van der Waals surface area (Å²) in [6.45, 7) is 0. The van der Waals surface area contributed by atoms with Gasteiger partial charge in [-0.15, -0.1) is 0 Å². The molecule has 0 radical (unpaired) electrons. The lowest BCUT2D eigenvalue weighted by Crippen LogP contribution is -2.03. The maximum Gasteiger partial charge on any atom is 0.196 e. The third-order valence-corrected chi connectivity index (χ3v) is 2.77. The molecule has 4 heteroatoms. The maximum absolute atomic E-state index is 13.5. The molecule has 0 N–H and O–H groups in total. The Bertz CT molecular complexity index is 564. The van der Waals surface area contributed by atoms with Crippen molar-refractivity contribution in [3.63, 3.8) is 0 Å². The lowest BCUT2D eigenvalue weighted by Gasteiger charge is -2.03. The number of rotatable bonds is 2. The standard InChI is InChI=1S/C13H7Cl2FO/c14-9-3-1-8(2-4-9)13(17)11-7-10(15)5-6-12(11)16/h1-7H. The van der Waals surface area contributed by atoms with Gasteiger partial charge in [-0.1, -0.05) is 23.2 Å². The number of benzene rings is 2. The van der Waals surface area contributed by atoms with E-state index in [4.69, 9.17) is 23.2 Å². The van der Waals surface area contributed by atoms with E-state index in [1.165, 1.54) is 18.2 Å². The number of hydrogen-bond acceptors (Lipinski definition) is 1. The van der Waals surface area contributed by atoms with Crippen molar-refractivity contribution in [3.8, 4) is 0 Å².